The van der Waals surface area contributed by atoms with Crippen LogP contribution in [0.5, 0.6) is 0 Å². The van der Waals surface area contributed by atoms with Crippen LogP contribution in [0.25, 0.3) is 0 Å². The molecule has 8 heteroatoms. The van der Waals surface area contributed by atoms with Crippen LogP contribution in [0.2, 0.25) is 10.0 Å². The molecule has 0 aliphatic carbocycles. The highest BCUT2D eigenvalue weighted by molar-refractivity contribution is 7.92. The van der Waals surface area contributed by atoms with Gasteiger partial charge in [0.1, 0.15) is 4.90 Å². The molecule has 0 radical (unpaired) electrons. The first-order chi connectivity index (χ1) is 9.85. The van der Waals surface area contributed by atoms with Crippen LogP contribution < -0.4 is 4.72 Å². The molecule has 2 aromatic carbocycles. The third kappa shape index (κ3) is 3.61. The van der Waals surface area contributed by atoms with Gasteiger partial charge in [-0.3, -0.25) is 4.72 Å². The fraction of sp³-hybridized carbons (Fsp3) is 0.0769. The summed E-state index contributed by atoms with van der Waals surface area (Å²) in [7, 11) is -4.02. The average Bonchev–Trinajstić information content (AvgIpc) is 2.45. The van der Waals surface area contributed by atoms with E-state index in [9.17, 15) is 12.8 Å². The maximum atomic E-state index is 13.6. The summed E-state index contributed by atoms with van der Waals surface area (Å²) in [5.41, 5.74) is 1.16. The van der Waals surface area contributed by atoms with Gasteiger partial charge in [-0.05, 0) is 29.8 Å². The molecule has 112 valence electrons. The molecule has 2 aromatic rings. The summed E-state index contributed by atoms with van der Waals surface area (Å²) in [6.07, 6.45) is 0. The normalized spacial score (nSPS) is 11.4. The van der Waals surface area contributed by atoms with Crippen molar-refractivity contribution < 1.29 is 12.8 Å². The Morgan fingerprint density at radius 1 is 1.05 bits per heavy atom. The van der Waals surface area contributed by atoms with Crippen molar-refractivity contribution in [2.24, 2.45) is 0 Å². The van der Waals surface area contributed by atoms with E-state index in [1.165, 1.54) is 0 Å². The van der Waals surface area contributed by atoms with Crippen molar-refractivity contribution in [3.8, 4) is 0 Å². The van der Waals surface area contributed by atoms with Gasteiger partial charge in [0.2, 0.25) is 0 Å². The van der Waals surface area contributed by atoms with Crippen LogP contribution in [0.3, 0.4) is 0 Å². The van der Waals surface area contributed by atoms with E-state index in [4.69, 9.17) is 34.8 Å². The van der Waals surface area contributed by atoms with Gasteiger partial charge in [-0.25, -0.2) is 12.8 Å². The molecule has 0 saturated carbocycles. The van der Waals surface area contributed by atoms with Crippen molar-refractivity contribution in [2.75, 3.05) is 4.72 Å². The third-order valence-electron chi connectivity index (χ3n) is 2.65. The zero-order valence-corrected chi connectivity index (χ0v) is 13.5. The van der Waals surface area contributed by atoms with E-state index < -0.39 is 20.9 Å². The van der Waals surface area contributed by atoms with Gasteiger partial charge in [0.25, 0.3) is 10.0 Å². The SMILES string of the molecule is O=S(=O)(Nc1ccc(CCl)cc1)c1ccc(Cl)c(F)c1Cl. The number of benzene rings is 2. The van der Waals surface area contributed by atoms with Gasteiger partial charge >= 0.3 is 0 Å². The lowest BCUT2D eigenvalue weighted by molar-refractivity contribution is 0.595. The van der Waals surface area contributed by atoms with E-state index in [0.717, 1.165) is 17.7 Å². The minimum atomic E-state index is -4.02. The molecule has 0 aromatic heterocycles. The van der Waals surface area contributed by atoms with E-state index in [2.05, 4.69) is 4.72 Å². The molecule has 0 atom stereocenters. The minimum Gasteiger partial charge on any atom is -0.280 e. The number of halogens is 4. The Bertz CT molecular complexity index is 764. The zero-order chi connectivity index (χ0) is 15.6. The summed E-state index contributed by atoms with van der Waals surface area (Å²) in [5.74, 6) is -0.653. The average molecular weight is 369 g/mol. The molecular weight excluding hydrogens is 360 g/mol. The standard InChI is InChI=1S/C13H9Cl3FNO2S/c14-7-8-1-3-9(4-2-8)18-21(19,20)11-6-5-10(15)13(17)12(11)16/h1-6,18H,7H2. The van der Waals surface area contributed by atoms with Crippen LogP contribution in [0.4, 0.5) is 10.1 Å². The van der Waals surface area contributed by atoms with Crippen LogP contribution in [-0.4, -0.2) is 8.42 Å². The molecule has 0 aliphatic heterocycles. The second-order valence-electron chi connectivity index (χ2n) is 4.11. The maximum absolute atomic E-state index is 13.6. The van der Waals surface area contributed by atoms with E-state index in [1.54, 1.807) is 24.3 Å². The Morgan fingerprint density at radius 2 is 1.67 bits per heavy atom. The van der Waals surface area contributed by atoms with Gasteiger partial charge in [0.15, 0.2) is 5.82 Å². The number of rotatable bonds is 4. The Balaban J connectivity index is 2.36. The second-order valence-corrected chi connectivity index (χ2v) is 6.81. The quantitative estimate of drug-likeness (QED) is 0.629. The Hall–Kier alpha value is -1.01. The van der Waals surface area contributed by atoms with Crippen LogP contribution in [0.1, 0.15) is 5.56 Å². The number of alkyl halides is 1. The van der Waals surface area contributed by atoms with Crippen LogP contribution in [-0.2, 0) is 15.9 Å². The highest BCUT2D eigenvalue weighted by Crippen LogP contribution is 2.30. The number of hydrogen-bond acceptors (Lipinski definition) is 2. The molecule has 0 aliphatic rings. The smallest absolute Gasteiger partial charge is 0.263 e. The van der Waals surface area contributed by atoms with Gasteiger partial charge in [-0.15, -0.1) is 11.6 Å². The topological polar surface area (TPSA) is 46.2 Å². The fourth-order valence-corrected chi connectivity index (χ4v) is 3.57. The third-order valence-corrected chi connectivity index (χ3v) is 5.16. The number of anilines is 1. The molecule has 3 nitrogen and oxygen atoms in total. The Labute approximate surface area is 136 Å². The Morgan fingerprint density at radius 3 is 2.24 bits per heavy atom. The molecule has 0 unspecified atom stereocenters. The lowest BCUT2D eigenvalue weighted by atomic mass is 10.2. The summed E-state index contributed by atoms with van der Waals surface area (Å²) in [6, 6.07) is 8.73. The van der Waals surface area contributed by atoms with Gasteiger partial charge in [0.05, 0.1) is 10.0 Å². The number of hydrogen-bond donors (Lipinski definition) is 1. The molecular formula is C13H9Cl3FNO2S. The summed E-state index contributed by atoms with van der Waals surface area (Å²) >= 11 is 16.9. The monoisotopic (exact) mass is 367 g/mol. The lowest BCUT2D eigenvalue weighted by Gasteiger charge is -2.10. The van der Waals surface area contributed by atoms with Gasteiger partial charge in [-0.2, -0.15) is 0 Å². The molecule has 1 N–H and O–H groups in total. The van der Waals surface area contributed by atoms with Crippen molar-refractivity contribution in [1.82, 2.24) is 0 Å². The van der Waals surface area contributed by atoms with Crippen LogP contribution >= 0.6 is 34.8 Å². The molecule has 21 heavy (non-hydrogen) atoms. The summed E-state index contributed by atoms with van der Waals surface area (Å²) in [6.45, 7) is 0. The summed E-state index contributed by atoms with van der Waals surface area (Å²) in [5, 5.41) is -0.794. The summed E-state index contributed by atoms with van der Waals surface area (Å²) < 4.78 is 40.3. The van der Waals surface area contributed by atoms with E-state index in [0.29, 0.717) is 11.6 Å². The van der Waals surface area contributed by atoms with E-state index in [-0.39, 0.29) is 9.92 Å². The lowest BCUT2D eigenvalue weighted by Crippen LogP contribution is -2.14. The van der Waals surface area contributed by atoms with Crippen molar-refractivity contribution in [1.29, 1.82) is 0 Å². The molecule has 0 spiro atoms. The highest BCUT2D eigenvalue weighted by atomic mass is 35.5. The molecule has 0 fully saturated rings. The van der Waals surface area contributed by atoms with E-state index >= 15 is 0 Å². The van der Waals surface area contributed by atoms with E-state index in [1.807, 2.05) is 0 Å². The molecule has 0 heterocycles. The largest absolute Gasteiger partial charge is 0.280 e. The maximum Gasteiger partial charge on any atom is 0.263 e. The first-order valence-corrected chi connectivity index (χ1v) is 8.44. The molecule has 0 saturated heterocycles. The van der Waals surface area contributed by atoms with Crippen molar-refractivity contribution in [3.05, 3.63) is 57.8 Å². The van der Waals surface area contributed by atoms with Gasteiger partial charge in [-0.1, -0.05) is 35.3 Å². The predicted octanol–water partition coefficient (Wildman–Crippen LogP) is 4.67. The first kappa shape index (κ1) is 16.4. The van der Waals surface area contributed by atoms with Gasteiger partial charge < -0.3 is 0 Å². The number of sulfonamides is 1. The Kier molecular flexibility index (Phi) is 4.99. The highest BCUT2D eigenvalue weighted by Gasteiger charge is 2.22. The minimum absolute atomic E-state index is 0.245. The van der Waals surface area contributed by atoms with Crippen molar-refractivity contribution in [3.63, 3.8) is 0 Å². The van der Waals surface area contributed by atoms with Gasteiger partial charge in [0, 0.05) is 11.6 Å². The van der Waals surface area contributed by atoms with Crippen LogP contribution in [0.15, 0.2) is 41.3 Å². The molecule has 0 amide bonds. The second kappa shape index (κ2) is 6.40. The fourth-order valence-electron chi connectivity index (χ4n) is 1.59. The first-order valence-electron chi connectivity index (χ1n) is 5.66. The van der Waals surface area contributed by atoms with Crippen molar-refractivity contribution in [2.45, 2.75) is 10.8 Å². The molecule has 0 bridgehead atoms. The van der Waals surface area contributed by atoms with Crippen LogP contribution in [0, 0.1) is 5.82 Å². The predicted molar refractivity (Wildman–Crippen MR) is 83.2 cm³/mol. The molecule has 2 rings (SSSR count). The summed E-state index contributed by atoms with van der Waals surface area (Å²) in [4.78, 5) is -0.382. The number of nitrogens with one attached hydrogen (secondary N) is 1. The van der Waals surface area contributed by atoms with Crippen molar-refractivity contribution >= 4 is 50.5 Å². The zero-order valence-electron chi connectivity index (χ0n) is 10.4.